The molecule has 0 radical (unpaired) electrons. The number of hydrogen-bond donors (Lipinski definition) is 1. The molecule has 0 unspecified atom stereocenters. The summed E-state index contributed by atoms with van der Waals surface area (Å²) in [6.07, 6.45) is -0.479. The number of aliphatic imine (C=N–C) groups is 1. The third kappa shape index (κ3) is 4.01. The Morgan fingerprint density at radius 2 is 1.96 bits per heavy atom. The zero-order valence-corrected chi connectivity index (χ0v) is 15.6. The number of carbonyl (C=O) groups is 2. The van der Waals surface area contributed by atoms with Crippen molar-refractivity contribution < 1.29 is 27.9 Å². The lowest BCUT2D eigenvalue weighted by Gasteiger charge is -2.24. The van der Waals surface area contributed by atoms with E-state index in [-0.39, 0.29) is 35.6 Å². The van der Waals surface area contributed by atoms with Gasteiger partial charge in [0.15, 0.2) is 15.0 Å². The summed E-state index contributed by atoms with van der Waals surface area (Å²) in [5.41, 5.74) is 0.715. The Bertz CT molecular complexity index is 850. The van der Waals surface area contributed by atoms with Crippen LogP contribution in [0.25, 0.3) is 0 Å². The van der Waals surface area contributed by atoms with Gasteiger partial charge in [-0.1, -0.05) is 11.8 Å². The number of carboxylic acids is 1. The summed E-state index contributed by atoms with van der Waals surface area (Å²) in [5, 5.41) is 8.91. The first-order valence-electron chi connectivity index (χ1n) is 7.93. The number of ether oxygens (including phenoxy) is 1. The molecule has 1 aromatic rings. The molecule has 0 bridgehead atoms. The van der Waals surface area contributed by atoms with Crippen LogP contribution in [0.5, 0.6) is 5.75 Å². The Hall–Kier alpha value is -2.07. The number of aliphatic carboxylic acids is 1. The largest absolute Gasteiger partial charge is 0.497 e. The highest BCUT2D eigenvalue weighted by Gasteiger charge is 2.49. The molecule has 0 aromatic heterocycles. The molecule has 1 aromatic carbocycles. The smallest absolute Gasteiger partial charge is 0.303 e. The van der Waals surface area contributed by atoms with E-state index in [2.05, 4.69) is 4.99 Å². The van der Waals surface area contributed by atoms with E-state index in [9.17, 15) is 18.0 Å². The van der Waals surface area contributed by atoms with Crippen molar-refractivity contribution in [3.8, 4) is 5.75 Å². The summed E-state index contributed by atoms with van der Waals surface area (Å²) in [5.74, 6) is -0.896. The van der Waals surface area contributed by atoms with Crippen molar-refractivity contribution in [1.82, 2.24) is 0 Å². The SMILES string of the molecule is COc1ccc(N2C(=NC(=O)CCC(=O)O)S[C@@H]3CS(=O)(=O)C[C@@H]32)cc1. The average Bonchev–Trinajstić information content (AvgIpc) is 3.04. The molecule has 2 aliphatic heterocycles. The Labute approximate surface area is 155 Å². The Morgan fingerprint density at radius 1 is 1.27 bits per heavy atom. The zero-order valence-electron chi connectivity index (χ0n) is 14.0. The molecule has 2 heterocycles. The number of anilines is 1. The van der Waals surface area contributed by atoms with E-state index in [4.69, 9.17) is 9.84 Å². The van der Waals surface area contributed by atoms with E-state index in [0.29, 0.717) is 16.6 Å². The Morgan fingerprint density at radius 3 is 2.58 bits per heavy atom. The number of benzene rings is 1. The molecule has 0 spiro atoms. The molecule has 8 nitrogen and oxygen atoms in total. The van der Waals surface area contributed by atoms with Gasteiger partial charge in [0, 0.05) is 17.4 Å². The number of carbonyl (C=O) groups excluding carboxylic acids is 1. The summed E-state index contributed by atoms with van der Waals surface area (Å²) in [4.78, 5) is 28.4. The monoisotopic (exact) mass is 398 g/mol. The van der Waals surface area contributed by atoms with Gasteiger partial charge in [-0.2, -0.15) is 4.99 Å². The zero-order chi connectivity index (χ0) is 18.9. The van der Waals surface area contributed by atoms with E-state index >= 15 is 0 Å². The van der Waals surface area contributed by atoms with Crippen molar-refractivity contribution in [2.75, 3.05) is 23.5 Å². The van der Waals surface area contributed by atoms with Gasteiger partial charge < -0.3 is 14.7 Å². The fourth-order valence-electron chi connectivity index (χ4n) is 2.99. The predicted octanol–water partition coefficient (Wildman–Crippen LogP) is 1.16. The van der Waals surface area contributed by atoms with Crippen LogP contribution in [-0.2, 0) is 19.4 Å². The van der Waals surface area contributed by atoms with Crippen LogP contribution in [0, 0.1) is 0 Å². The number of fused-ring (bicyclic) bond motifs is 1. The number of carboxylic acid groups (broad SMARTS) is 1. The van der Waals surface area contributed by atoms with Crippen molar-refractivity contribution in [3.05, 3.63) is 24.3 Å². The summed E-state index contributed by atoms with van der Waals surface area (Å²) in [7, 11) is -1.59. The van der Waals surface area contributed by atoms with Crippen LogP contribution in [0.4, 0.5) is 5.69 Å². The number of methoxy groups -OCH3 is 1. The second-order valence-corrected chi connectivity index (χ2v) is 9.41. The molecule has 2 aliphatic rings. The number of thioether (sulfide) groups is 1. The number of amidine groups is 1. The number of sulfone groups is 1. The number of amides is 1. The van der Waals surface area contributed by atoms with E-state index in [1.807, 2.05) is 0 Å². The normalized spacial score (nSPS) is 25.3. The molecular weight excluding hydrogens is 380 g/mol. The molecule has 26 heavy (non-hydrogen) atoms. The van der Waals surface area contributed by atoms with Gasteiger partial charge in [0.1, 0.15) is 5.75 Å². The predicted molar refractivity (Wildman–Crippen MR) is 98.6 cm³/mol. The molecule has 2 atom stereocenters. The van der Waals surface area contributed by atoms with Gasteiger partial charge in [-0.25, -0.2) is 8.42 Å². The maximum atomic E-state index is 12.0. The van der Waals surface area contributed by atoms with E-state index in [0.717, 1.165) is 0 Å². The van der Waals surface area contributed by atoms with Gasteiger partial charge in [0.05, 0.1) is 31.1 Å². The lowest BCUT2D eigenvalue weighted by Crippen LogP contribution is -2.37. The van der Waals surface area contributed by atoms with E-state index in [1.54, 1.807) is 36.3 Å². The third-order valence-electron chi connectivity index (χ3n) is 4.19. The van der Waals surface area contributed by atoms with Crippen molar-refractivity contribution in [3.63, 3.8) is 0 Å². The summed E-state index contributed by atoms with van der Waals surface area (Å²) >= 11 is 1.26. The van der Waals surface area contributed by atoms with Gasteiger partial charge in [-0.15, -0.1) is 0 Å². The summed E-state index contributed by atoms with van der Waals surface area (Å²) < 4.78 is 29.1. The van der Waals surface area contributed by atoms with Crippen LogP contribution < -0.4 is 9.64 Å². The highest BCUT2D eigenvalue weighted by atomic mass is 32.2. The van der Waals surface area contributed by atoms with Gasteiger partial charge in [-0.3, -0.25) is 9.59 Å². The molecule has 140 valence electrons. The number of nitrogens with zero attached hydrogens (tertiary/aromatic N) is 2. The maximum absolute atomic E-state index is 12.0. The summed E-state index contributed by atoms with van der Waals surface area (Å²) in [6, 6.07) is 6.76. The molecule has 10 heteroatoms. The summed E-state index contributed by atoms with van der Waals surface area (Å²) in [6.45, 7) is 0. The molecule has 1 amide bonds. The number of hydrogen-bond acceptors (Lipinski definition) is 6. The lowest BCUT2D eigenvalue weighted by molar-refractivity contribution is -0.138. The lowest BCUT2D eigenvalue weighted by atomic mass is 10.2. The third-order valence-corrected chi connectivity index (χ3v) is 7.40. The highest BCUT2D eigenvalue weighted by molar-refractivity contribution is 8.16. The Balaban J connectivity index is 1.90. The van der Waals surface area contributed by atoms with E-state index in [1.165, 1.54) is 11.8 Å². The molecular formula is C16H18N2O6S2. The minimum Gasteiger partial charge on any atom is -0.497 e. The molecule has 2 fully saturated rings. The molecule has 0 saturated carbocycles. The second-order valence-electron chi connectivity index (χ2n) is 6.05. The minimum atomic E-state index is -3.14. The molecule has 2 saturated heterocycles. The van der Waals surface area contributed by atoms with Crippen LogP contribution in [0.1, 0.15) is 12.8 Å². The quantitative estimate of drug-likeness (QED) is 0.786. The number of rotatable bonds is 5. The molecule has 1 N–H and O–H groups in total. The minimum absolute atomic E-state index is 0.000960. The topological polar surface area (TPSA) is 113 Å². The van der Waals surface area contributed by atoms with Crippen LogP contribution in [0.15, 0.2) is 29.3 Å². The van der Waals surface area contributed by atoms with Crippen LogP contribution >= 0.6 is 11.8 Å². The van der Waals surface area contributed by atoms with Crippen molar-refractivity contribution in [2.45, 2.75) is 24.1 Å². The second kappa shape index (κ2) is 7.28. The maximum Gasteiger partial charge on any atom is 0.303 e. The highest BCUT2D eigenvalue weighted by Crippen LogP contribution is 2.41. The first kappa shape index (κ1) is 18.7. The van der Waals surface area contributed by atoms with Gasteiger partial charge in [0.2, 0.25) is 5.91 Å². The van der Waals surface area contributed by atoms with E-state index < -0.39 is 21.7 Å². The average molecular weight is 398 g/mol. The standard InChI is InChI=1S/C16H18N2O6S2/c1-24-11-4-2-10(3-5-11)18-12-8-26(22,23)9-13(12)25-16(18)17-14(19)6-7-15(20)21/h2-5,12-13H,6-9H2,1H3,(H,20,21)/t12-,13+/m0/s1. The van der Waals surface area contributed by atoms with Gasteiger partial charge >= 0.3 is 5.97 Å². The van der Waals surface area contributed by atoms with Crippen molar-refractivity contribution in [2.24, 2.45) is 4.99 Å². The first-order chi connectivity index (χ1) is 12.3. The first-order valence-corrected chi connectivity index (χ1v) is 10.6. The fraction of sp³-hybridized carbons (Fsp3) is 0.438. The van der Waals surface area contributed by atoms with Gasteiger partial charge in [0.25, 0.3) is 0 Å². The van der Waals surface area contributed by atoms with Crippen LogP contribution in [0.2, 0.25) is 0 Å². The van der Waals surface area contributed by atoms with Crippen molar-refractivity contribution in [1.29, 1.82) is 0 Å². The fourth-order valence-corrected chi connectivity index (χ4v) is 6.92. The van der Waals surface area contributed by atoms with Crippen LogP contribution in [0.3, 0.4) is 0 Å². The molecule has 0 aliphatic carbocycles. The molecule has 3 rings (SSSR count). The Kier molecular flexibility index (Phi) is 5.24. The van der Waals surface area contributed by atoms with Crippen molar-refractivity contribution >= 4 is 44.3 Å². The van der Waals surface area contributed by atoms with Gasteiger partial charge in [-0.05, 0) is 24.3 Å². The van der Waals surface area contributed by atoms with Crippen LogP contribution in [-0.4, -0.2) is 60.5 Å².